The van der Waals surface area contributed by atoms with Crippen LogP contribution in [0.5, 0.6) is 5.75 Å². The number of carbonyl (C=O) groups excluding carboxylic acids is 4. The highest BCUT2D eigenvalue weighted by Crippen LogP contribution is 2.31. The lowest BCUT2D eigenvalue weighted by molar-refractivity contribution is -0.136. The lowest BCUT2D eigenvalue weighted by Gasteiger charge is -2.43. The predicted molar refractivity (Wildman–Crippen MR) is 190 cm³/mol. The van der Waals surface area contributed by atoms with Crippen LogP contribution in [0.3, 0.4) is 0 Å². The number of nitrogens with one attached hydrogen (secondary N) is 1. The third-order valence-corrected chi connectivity index (χ3v) is 10.6. The molecular formula is C39H40F2N6O6. The van der Waals surface area contributed by atoms with Crippen molar-refractivity contribution in [2.24, 2.45) is 0 Å². The Bertz CT molecular complexity index is 2070. The summed E-state index contributed by atoms with van der Waals surface area (Å²) in [4.78, 5) is 60.1. The van der Waals surface area contributed by atoms with Crippen molar-refractivity contribution in [2.45, 2.75) is 63.2 Å². The quantitative estimate of drug-likeness (QED) is 0.165. The van der Waals surface area contributed by atoms with Gasteiger partial charge in [0.1, 0.15) is 17.4 Å². The van der Waals surface area contributed by atoms with E-state index >= 15 is 0 Å². The zero-order chi connectivity index (χ0) is 36.6. The van der Waals surface area contributed by atoms with E-state index in [0.717, 1.165) is 93.2 Å². The molecule has 0 radical (unpaired) electrons. The van der Waals surface area contributed by atoms with Crippen LogP contribution in [0.25, 0.3) is 16.9 Å². The Kier molecular flexibility index (Phi) is 9.64. The lowest BCUT2D eigenvalue weighted by atomic mass is 10.0. The zero-order valence-corrected chi connectivity index (χ0v) is 29.1. The summed E-state index contributed by atoms with van der Waals surface area (Å²) in [6.07, 6.45) is 9.30. The Balaban J connectivity index is 0.715. The van der Waals surface area contributed by atoms with Crippen molar-refractivity contribution < 1.29 is 37.4 Å². The highest BCUT2D eigenvalue weighted by molar-refractivity contribution is 6.23. The molecule has 2 aromatic carbocycles. The molecule has 8 rings (SSSR count). The Morgan fingerprint density at radius 3 is 2.43 bits per heavy atom. The van der Waals surface area contributed by atoms with Crippen LogP contribution in [0.2, 0.25) is 0 Å². The summed E-state index contributed by atoms with van der Waals surface area (Å²) in [6, 6.07) is 11.6. The van der Waals surface area contributed by atoms with E-state index in [0.29, 0.717) is 23.6 Å². The van der Waals surface area contributed by atoms with E-state index in [9.17, 15) is 28.0 Å². The van der Waals surface area contributed by atoms with Gasteiger partial charge in [-0.15, -0.1) is 0 Å². The second kappa shape index (κ2) is 14.7. The number of amides is 4. The van der Waals surface area contributed by atoms with Gasteiger partial charge in [-0.05, 0) is 87.5 Å². The molecule has 4 aromatic rings. The van der Waals surface area contributed by atoms with Crippen LogP contribution in [0.1, 0.15) is 65.7 Å². The van der Waals surface area contributed by atoms with Crippen LogP contribution in [0.15, 0.2) is 60.9 Å². The molecule has 4 aliphatic heterocycles. The van der Waals surface area contributed by atoms with Crippen LogP contribution in [-0.2, 0) is 14.3 Å². The second-order valence-electron chi connectivity index (χ2n) is 14.2. The van der Waals surface area contributed by atoms with Gasteiger partial charge in [-0.25, -0.2) is 13.8 Å². The normalized spacial score (nSPS) is 19.9. The van der Waals surface area contributed by atoms with E-state index in [2.05, 4.69) is 20.1 Å². The second-order valence-corrected chi connectivity index (χ2v) is 14.2. The minimum Gasteiger partial charge on any atom is -0.494 e. The number of unbranched alkanes of at least 4 members (excludes halogenated alkanes) is 2. The first-order valence-corrected chi connectivity index (χ1v) is 18.3. The van der Waals surface area contributed by atoms with Gasteiger partial charge in [0.25, 0.3) is 11.8 Å². The van der Waals surface area contributed by atoms with Crippen molar-refractivity contribution in [3.05, 3.63) is 83.7 Å². The fraction of sp³-hybridized carbons (Fsp3) is 0.410. The van der Waals surface area contributed by atoms with Crippen LogP contribution in [0.4, 0.5) is 14.5 Å². The minimum absolute atomic E-state index is 0.0790. The van der Waals surface area contributed by atoms with E-state index < -0.39 is 41.3 Å². The molecule has 2 aromatic heterocycles. The number of piperidine rings is 2. The number of imidazole rings is 1. The molecule has 12 nitrogen and oxygen atoms in total. The number of fused-ring (bicyclic) bond motifs is 2. The molecule has 4 aliphatic rings. The molecule has 276 valence electrons. The molecule has 0 aliphatic carbocycles. The molecule has 1 unspecified atom stereocenters. The maximum Gasteiger partial charge on any atom is 0.262 e. The van der Waals surface area contributed by atoms with Crippen molar-refractivity contribution in [1.82, 2.24) is 24.5 Å². The smallest absolute Gasteiger partial charge is 0.262 e. The van der Waals surface area contributed by atoms with Crippen molar-refractivity contribution in [2.75, 3.05) is 44.2 Å². The predicted octanol–water partition coefficient (Wildman–Crippen LogP) is 4.60. The van der Waals surface area contributed by atoms with Gasteiger partial charge in [0.2, 0.25) is 11.8 Å². The Labute approximate surface area is 304 Å². The number of carbonyl (C=O) groups is 4. The highest BCUT2D eigenvalue weighted by atomic mass is 19.2. The van der Waals surface area contributed by atoms with Crippen molar-refractivity contribution in [1.29, 1.82) is 0 Å². The van der Waals surface area contributed by atoms with Gasteiger partial charge >= 0.3 is 0 Å². The Morgan fingerprint density at radius 2 is 1.64 bits per heavy atom. The first-order valence-electron chi connectivity index (χ1n) is 18.3. The molecule has 1 N–H and O–H groups in total. The van der Waals surface area contributed by atoms with Gasteiger partial charge in [0.05, 0.1) is 35.6 Å². The molecule has 53 heavy (non-hydrogen) atoms. The van der Waals surface area contributed by atoms with Crippen LogP contribution in [0, 0.1) is 11.6 Å². The minimum atomic E-state index is -0.989. The first-order chi connectivity index (χ1) is 25.7. The number of ether oxygens (including phenoxy) is 2. The number of imide groups is 2. The van der Waals surface area contributed by atoms with Gasteiger partial charge in [-0.1, -0.05) is 0 Å². The summed E-state index contributed by atoms with van der Waals surface area (Å²) in [5.41, 5.74) is 3.35. The third kappa shape index (κ3) is 7.25. The van der Waals surface area contributed by atoms with Crippen molar-refractivity contribution in [3.63, 3.8) is 0 Å². The van der Waals surface area contributed by atoms with Crippen molar-refractivity contribution >= 4 is 35.0 Å². The molecule has 3 fully saturated rings. The van der Waals surface area contributed by atoms with E-state index in [1.165, 1.54) is 6.07 Å². The largest absolute Gasteiger partial charge is 0.494 e. The van der Waals surface area contributed by atoms with E-state index in [-0.39, 0.29) is 36.2 Å². The zero-order valence-electron chi connectivity index (χ0n) is 29.1. The molecular weight excluding hydrogens is 686 g/mol. The number of nitrogens with zero attached hydrogens (tertiary/aromatic N) is 5. The fourth-order valence-electron chi connectivity index (χ4n) is 7.58. The summed E-state index contributed by atoms with van der Waals surface area (Å²) in [5.74, 6) is -3.38. The number of aromatic nitrogens is 2. The standard InChI is InChI=1S/C39H40F2N6O6/c40-31-7-4-24(18-32(31)41)33-23-45-16-10-25(19-35(45)42-33)46-21-28(22-46)53-26-11-14-44(15-12-26)13-2-1-3-17-52-27-5-6-29-30(20-27)39(51)47(38(29)50)34-8-9-36(48)43-37(34)49/h4-7,10,16,18-20,23,26,28,34H,1-3,8-9,11-15,17,21-22H2,(H,43,48,49). The van der Waals surface area contributed by atoms with E-state index in [1.807, 2.05) is 28.9 Å². The molecule has 0 spiro atoms. The highest BCUT2D eigenvalue weighted by Gasteiger charge is 2.44. The maximum atomic E-state index is 13.7. The molecule has 3 saturated heterocycles. The maximum absolute atomic E-state index is 13.7. The van der Waals surface area contributed by atoms with Crippen molar-refractivity contribution in [3.8, 4) is 17.0 Å². The van der Waals surface area contributed by atoms with Crippen LogP contribution >= 0.6 is 0 Å². The molecule has 0 bridgehead atoms. The number of halogens is 2. The summed E-state index contributed by atoms with van der Waals surface area (Å²) < 4.78 is 41.3. The first kappa shape index (κ1) is 34.9. The summed E-state index contributed by atoms with van der Waals surface area (Å²) in [7, 11) is 0. The van der Waals surface area contributed by atoms with E-state index in [4.69, 9.17) is 9.47 Å². The molecule has 6 heterocycles. The van der Waals surface area contributed by atoms with Crippen LogP contribution in [-0.4, -0.2) is 100 Å². The molecule has 0 saturated carbocycles. The van der Waals surface area contributed by atoms with Gasteiger partial charge in [-0.3, -0.25) is 29.4 Å². The summed E-state index contributed by atoms with van der Waals surface area (Å²) in [6.45, 7) is 5.15. The number of rotatable bonds is 12. The third-order valence-electron chi connectivity index (χ3n) is 10.6. The summed E-state index contributed by atoms with van der Waals surface area (Å²) >= 11 is 0. The number of benzene rings is 2. The SMILES string of the molecule is O=C1CCC(N2C(=O)c3ccc(OCCCCCN4CCC(OC5CN(c6ccn7cc(-c8ccc(F)c(F)c8)nc7c6)C5)CC4)cc3C2=O)C(=O)N1. The van der Waals surface area contributed by atoms with Gasteiger partial charge in [0, 0.05) is 62.3 Å². The topological polar surface area (TPSA) is 126 Å². The van der Waals surface area contributed by atoms with E-state index in [1.54, 1.807) is 18.2 Å². The fourth-order valence-corrected chi connectivity index (χ4v) is 7.58. The number of hydrogen-bond acceptors (Lipinski definition) is 9. The number of anilines is 1. The molecule has 4 amide bonds. The number of likely N-dealkylation sites (tertiary alicyclic amines) is 1. The monoisotopic (exact) mass is 726 g/mol. The average Bonchev–Trinajstić information content (AvgIpc) is 3.67. The average molecular weight is 727 g/mol. The van der Waals surface area contributed by atoms with Gasteiger partial charge in [0.15, 0.2) is 11.6 Å². The Hall–Kier alpha value is -5.21. The van der Waals surface area contributed by atoms with Crippen LogP contribution < -0.4 is 15.0 Å². The van der Waals surface area contributed by atoms with Gasteiger partial charge < -0.3 is 23.7 Å². The summed E-state index contributed by atoms with van der Waals surface area (Å²) in [5, 5.41) is 2.21. The number of hydrogen-bond donors (Lipinski definition) is 1. The van der Waals surface area contributed by atoms with Gasteiger partial charge in [-0.2, -0.15) is 0 Å². The lowest BCUT2D eigenvalue weighted by Crippen LogP contribution is -2.54. The molecule has 14 heteroatoms. The molecule has 1 atom stereocenters. The number of pyridine rings is 1. The Morgan fingerprint density at radius 1 is 0.830 bits per heavy atom.